The quantitative estimate of drug-likeness (QED) is 0.661. The number of halogens is 1. The Kier molecular flexibility index (Phi) is 3.26. The average Bonchev–Trinajstić information content (AvgIpc) is 2.07. The van der Waals surface area contributed by atoms with Crippen LogP contribution < -0.4 is 0 Å². The van der Waals surface area contributed by atoms with Gasteiger partial charge in [-0.1, -0.05) is 29.8 Å². The average molecular weight is 195 g/mol. The molecule has 13 heavy (non-hydrogen) atoms. The third-order valence-electron chi connectivity index (χ3n) is 1.69. The van der Waals surface area contributed by atoms with Crippen molar-refractivity contribution in [1.82, 2.24) is 0 Å². The topological polar surface area (TPSA) is 17.1 Å². The SMILES string of the molecule is CC(=O)C=Cc1ccc(Cl)c(C)c1. The lowest BCUT2D eigenvalue weighted by molar-refractivity contribution is -0.112. The molecule has 0 spiro atoms. The lowest BCUT2D eigenvalue weighted by Gasteiger charge is -1.98. The molecule has 0 fully saturated rings. The zero-order chi connectivity index (χ0) is 9.84. The molecule has 0 radical (unpaired) electrons. The summed E-state index contributed by atoms with van der Waals surface area (Å²) < 4.78 is 0. The molecule has 2 heteroatoms. The smallest absolute Gasteiger partial charge is 0.152 e. The van der Waals surface area contributed by atoms with Gasteiger partial charge in [-0.15, -0.1) is 0 Å². The van der Waals surface area contributed by atoms with Crippen molar-refractivity contribution in [3.8, 4) is 0 Å². The molecule has 0 heterocycles. The van der Waals surface area contributed by atoms with Gasteiger partial charge in [-0.3, -0.25) is 4.79 Å². The van der Waals surface area contributed by atoms with E-state index in [4.69, 9.17) is 11.6 Å². The number of hydrogen-bond acceptors (Lipinski definition) is 1. The molecule has 1 rings (SSSR count). The normalized spacial score (nSPS) is 10.7. The van der Waals surface area contributed by atoms with Gasteiger partial charge in [-0.25, -0.2) is 0 Å². The van der Waals surface area contributed by atoms with Crippen molar-refractivity contribution in [2.45, 2.75) is 13.8 Å². The van der Waals surface area contributed by atoms with E-state index < -0.39 is 0 Å². The van der Waals surface area contributed by atoms with E-state index in [1.807, 2.05) is 25.1 Å². The first-order valence-electron chi connectivity index (χ1n) is 4.04. The highest BCUT2D eigenvalue weighted by molar-refractivity contribution is 6.31. The second kappa shape index (κ2) is 4.24. The van der Waals surface area contributed by atoms with Crippen molar-refractivity contribution in [3.05, 3.63) is 40.4 Å². The fraction of sp³-hybridized carbons (Fsp3) is 0.182. The number of benzene rings is 1. The molecule has 0 bridgehead atoms. The van der Waals surface area contributed by atoms with E-state index in [2.05, 4.69) is 0 Å². The van der Waals surface area contributed by atoms with Crippen molar-refractivity contribution < 1.29 is 4.79 Å². The van der Waals surface area contributed by atoms with Crippen LogP contribution in [-0.4, -0.2) is 5.78 Å². The van der Waals surface area contributed by atoms with Crippen LogP contribution in [0.5, 0.6) is 0 Å². The van der Waals surface area contributed by atoms with E-state index in [0.717, 1.165) is 16.1 Å². The van der Waals surface area contributed by atoms with Crippen LogP contribution >= 0.6 is 11.6 Å². The van der Waals surface area contributed by atoms with Crippen molar-refractivity contribution in [2.24, 2.45) is 0 Å². The van der Waals surface area contributed by atoms with Crippen LogP contribution in [0.1, 0.15) is 18.1 Å². The molecule has 0 aliphatic rings. The van der Waals surface area contributed by atoms with Gasteiger partial charge in [-0.05, 0) is 37.1 Å². The molecule has 0 aliphatic heterocycles. The van der Waals surface area contributed by atoms with E-state index >= 15 is 0 Å². The maximum atomic E-state index is 10.7. The molecular weight excluding hydrogens is 184 g/mol. The van der Waals surface area contributed by atoms with Gasteiger partial charge in [0, 0.05) is 5.02 Å². The summed E-state index contributed by atoms with van der Waals surface area (Å²) in [6.45, 7) is 3.46. The van der Waals surface area contributed by atoms with Crippen LogP contribution in [0.4, 0.5) is 0 Å². The maximum Gasteiger partial charge on any atom is 0.152 e. The highest BCUT2D eigenvalue weighted by Crippen LogP contribution is 2.16. The fourth-order valence-electron chi connectivity index (χ4n) is 0.985. The molecule has 0 saturated heterocycles. The van der Waals surface area contributed by atoms with Crippen LogP contribution in [0, 0.1) is 6.92 Å². The number of allylic oxidation sites excluding steroid dienone is 1. The monoisotopic (exact) mass is 194 g/mol. The first-order chi connectivity index (χ1) is 6.09. The minimum absolute atomic E-state index is 0.0487. The van der Waals surface area contributed by atoms with Gasteiger partial charge in [-0.2, -0.15) is 0 Å². The summed E-state index contributed by atoms with van der Waals surface area (Å²) in [5.74, 6) is 0.0487. The molecule has 0 saturated carbocycles. The summed E-state index contributed by atoms with van der Waals surface area (Å²) in [5, 5.41) is 0.750. The van der Waals surface area contributed by atoms with Crippen LogP contribution in [0.15, 0.2) is 24.3 Å². The lowest BCUT2D eigenvalue weighted by Crippen LogP contribution is -1.81. The van der Waals surface area contributed by atoms with E-state index in [-0.39, 0.29) is 5.78 Å². The first-order valence-corrected chi connectivity index (χ1v) is 4.42. The van der Waals surface area contributed by atoms with Crippen molar-refractivity contribution in [3.63, 3.8) is 0 Å². The Morgan fingerprint density at radius 2 is 2.15 bits per heavy atom. The number of aryl methyl sites for hydroxylation is 1. The second-order valence-corrected chi connectivity index (χ2v) is 3.36. The van der Waals surface area contributed by atoms with Crippen LogP contribution in [0.2, 0.25) is 5.02 Å². The minimum Gasteiger partial charge on any atom is -0.295 e. The summed E-state index contributed by atoms with van der Waals surface area (Å²) in [4.78, 5) is 10.7. The second-order valence-electron chi connectivity index (χ2n) is 2.95. The molecule has 0 N–H and O–H groups in total. The van der Waals surface area contributed by atoms with Gasteiger partial charge >= 0.3 is 0 Å². The van der Waals surface area contributed by atoms with E-state index in [0.29, 0.717) is 0 Å². The summed E-state index contributed by atoms with van der Waals surface area (Å²) >= 11 is 5.85. The fourth-order valence-corrected chi connectivity index (χ4v) is 1.10. The van der Waals surface area contributed by atoms with Crippen LogP contribution in [0.25, 0.3) is 6.08 Å². The molecule has 1 aromatic rings. The van der Waals surface area contributed by atoms with Gasteiger partial charge in [0.2, 0.25) is 0 Å². The van der Waals surface area contributed by atoms with Crippen LogP contribution in [0.3, 0.4) is 0 Å². The third kappa shape index (κ3) is 3.03. The standard InChI is InChI=1S/C11H11ClO/c1-8-7-10(4-3-9(2)13)5-6-11(8)12/h3-7H,1-2H3. The van der Waals surface area contributed by atoms with Gasteiger partial charge in [0.1, 0.15) is 0 Å². The molecule has 0 amide bonds. The Bertz CT molecular complexity index is 353. The molecule has 0 atom stereocenters. The van der Waals surface area contributed by atoms with Gasteiger partial charge in [0.25, 0.3) is 0 Å². The van der Waals surface area contributed by atoms with Gasteiger partial charge in [0.05, 0.1) is 0 Å². The summed E-state index contributed by atoms with van der Waals surface area (Å²) in [7, 11) is 0. The molecule has 0 aromatic heterocycles. The molecule has 0 aliphatic carbocycles. The van der Waals surface area contributed by atoms with Crippen LogP contribution in [-0.2, 0) is 4.79 Å². The van der Waals surface area contributed by atoms with Gasteiger partial charge < -0.3 is 0 Å². The first kappa shape index (κ1) is 10.0. The zero-order valence-corrected chi connectivity index (χ0v) is 8.43. The summed E-state index contributed by atoms with van der Waals surface area (Å²) in [6, 6.07) is 5.66. The van der Waals surface area contributed by atoms with Crippen molar-refractivity contribution >= 4 is 23.5 Å². The lowest BCUT2D eigenvalue weighted by atomic mass is 10.1. The number of hydrogen-bond donors (Lipinski definition) is 0. The Morgan fingerprint density at radius 3 is 2.69 bits per heavy atom. The Morgan fingerprint density at radius 1 is 1.46 bits per heavy atom. The Balaban J connectivity index is 2.92. The summed E-state index contributed by atoms with van der Waals surface area (Å²) in [5.41, 5.74) is 2.02. The maximum absolute atomic E-state index is 10.7. The number of carbonyl (C=O) groups excluding carboxylic acids is 1. The number of ketones is 1. The highest BCUT2D eigenvalue weighted by Gasteiger charge is 1.94. The molecular formula is C11H11ClO. The van der Waals surface area contributed by atoms with Crippen molar-refractivity contribution in [2.75, 3.05) is 0 Å². The third-order valence-corrected chi connectivity index (χ3v) is 2.12. The Hall–Kier alpha value is -1.08. The molecule has 0 unspecified atom stereocenters. The van der Waals surface area contributed by atoms with E-state index in [1.54, 1.807) is 12.2 Å². The zero-order valence-electron chi connectivity index (χ0n) is 7.67. The highest BCUT2D eigenvalue weighted by atomic mass is 35.5. The molecule has 68 valence electrons. The largest absolute Gasteiger partial charge is 0.295 e. The molecule has 1 aromatic carbocycles. The predicted octanol–water partition coefficient (Wildman–Crippen LogP) is 3.25. The predicted molar refractivity (Wildman–Crippen MR) is 55.9 cm³/mol. The minimum atomic E-state index is 0.0487. The molecule has 1 nitrogen and oxygen atoms in total. The number of rotatable bonds is 2. The van der Waals surface area contributed by atoms with Gasteiger partial charge in [0.15, 0.2) is 5.78 Å². The summed E-state index contributed by atoms with van der Waals surface area (Å²) in [6.07, 6.45) is 3.33. The number of carbonyl (C=O) groups is 1. The Labute approximate surface area is 83.0 Å². The van der Waals surface area contributed by atoms with E-state index in [9.17, 15) is 4.79 Å². The van der Waals surface area contributed by atoms with E-state index in [1.165, 1.54) is 6.92 Å². The van der Waals surface area contributed by atoms with Crippen molar-refractivity contribution in [1.29, 1.82) is 0 Å².